The quantitative estimate of drug-likeness (QED) is 0.110. The Hall–Kier alpha value is -2.40. The molecule has 0 fully saturated rings. The number of nitrogens with one attached hydrogen (secondary N) is 2. The van der Waals surface area contributed by atoms with Crippen LogP contribution in [0, 0.1) is 5.92 Å². The van der Waals surface area contributed by atoms with Gasteiger partial charge >= 0.3 is 5.97 Å². The van der Waals surface area contributed by atoms with Crippen LogP contribution in [-0.4, -0.2) is 65.2 Å². The highest BCUT2D eigenvalue weighted by Crippen LogP contribution is 2.05. The van der Waals surface area contributed by atoms with Crippen molar-refractivity contribution >= 4 is 23.7 Å². The van der Waals surface area contributed by atoms with Gasteiger partial charge in [0.25, 0.3) is 0 Å². The van der Waals surface area contributed by atoms with Gasteiger partial charge in [-0.05, 0) is 25.2 Å². The SMILES string of the molecule is CC(C)CC(NC(=O)C(CO)NC(=O)C(N)CCCN=C(N)N)C(=O)O. The number of aliphatic carboxylic acids is 1. The summed E-state index contributed by atoms with van der Waals surface area (Å²) in [5.74, 6) is -2.64. The molecule has 11 nitrogen and oxygen atoms in total. The Labute approximate surface area is 152 Å². The smallest absolute Gasteiger partial charge is 0.326 e. The third-order valence-electron chi connectivity index (χ3n) is 3.44. The lowest BCUT2D eigenvalue weighted by atomic mass is 10.0. The van der Waals surface area contributed by atoms with Crippen molar-refractivity contribution in [1.82, 2.24) is 10.6 Å². The molecular formula is C15H30N6O5. The number of guanidine groups is 1. The second-order valence-corrected chi connectivity index (χ2v) is 6.33. The fraction of sp³-hybridized carbons (Fsp3) is 0.733. The third kappa shape index (κ3) is 9.79. The standard InChI is InChI=1S/C15H30N6O5/c1-8(2)6-10(14(25)26)20-13(24)11(7-22)21-12(23)9(16)4-3-5-19-15(17)18/h8-11,22H,3-7,16H2,1-2H3,(H,20,24)(H,21,23)(H,25,26)(H4,17,18,19). The van der Waals surface area contributed by atoms with Crippen molar-refractivity contribution in [2.24, 2.45) is 28.1 Å². The Bertz CT molecular complexity index is 507. The van der Waals surface area contributed by atoms with Crippen molar-refractivity contribution < 1.29 is 24.6 Å². The number of hydrogen-bond donors (Lipinski definition) is 7. The van der Waals surface area contributed by atoms with Gasteiger partial charge < -0.3 is 38.0 Å². The van der Waals surface area contributed by atoms with Gasteiger partial charge in [-0.15, -0.1) is 0 Å². The summed E-state index contributed by atoms with van der Waals surface area (Å²) in [6, 6.07) is -3.32. The van der Waals surface area contributed by atoms with E-state index < -0.39 is 42.5 Å². The van der Waals surface area contributed by atoms with Crippen LogP contribution in [0.5, 0.6) is 0 Å². The molecule has 0 bridgehead atoms. The van der Waals surface area contributed by atoms with E-state index in [2.05, 4.69) is 15.6 Å². The van der Waals surface area contributed by atoms with Crippen molar-refractivity contribution in [3.63, 3.8) is 0 Å². The van der Waals surface area contributed by atoms with E-state index in [1.165, 1.54) is 0 Å². The molecule has 0 aliphatic carbocycles. The molecule has 3 atom stereocenters. The number of carboxylic acids is 1. The van der Waals surface area contributed by atoms with Crippen LogP contribution in [0.3, 0.4) is 0 Å². The molecule has 0 aliphatic heterocycles. The zero-order chi connectivity index (χ0) is 20.3. The van der Waals surface area contributed by atoms with Crippen molar-refractivity contribution in [3.05, 3.63) is 0 Å². The van der Waals surface area contributed by atoms with Gasteiger partial charge in [-0.1, -0.05) is 13.8 Å². The molecule has 0 radical (unpaired) electrons. The third-order valence-corrected chi connectivity index (χ3v) is 3.44. The van der Waals surface area contributed by atoms with E-state index in [9.17, 15) is 19.5 Å². The van der Waals surface area contributed by atoms with E-state index in [0.29, 0.717) is 13.0 Å². The number of hydrogen-bond acceptors (Lipinski definition) is 6. The molecule has 0 saturated heterocycles. The number of aliphatic hydroxyl groups excluding tert-OH is 1. The number of nitrogens with two attached hydrogens (primary N) is 3. The molecule has 150 valence electrons. The van der Waals surface area contributed by atoms with E-state index >= 15 is 0 Å². The van der Waals surface area contributed by atoms with Crippen LogP contribution in [0.15, 0.2) is 4.99 Å². The lowest BCUT2D eigenvalue weighted by molar-refractivity contribution is -0.143. The predicted molar refractivity (Wildman–Crippen MR) is 95.9 cm³/mol. The zero-order valence-corrected chi connectivity index (χ0v) is 15.1. The number of amides is 2. The molecule has 2 amide bonds. The van der Waals surface area contributed by atoms with Crippen molar-refractivity contribution in [3.8, 4) is 0 Å². The number of carboxylic acid groups (broad SMARTS) is 1. The number of aliphatic imine (C=N–C) groups is 1. The molecule has 0 spiro atoms. The molecule has 10 N–H and O–H groups in total. The van der Waals surface area contributed by atoms with Crippen LogP contribution >= 0.6 is 0 Å². The summed E-state index contributed by atoms with van der Waals surface area (Å²) in [6.45, 7) is 3.25. The molecular weight excluding hydrogens is 344 g/mol. The molecule has 0 aliphatic rings. The number of rotatable bonds is 12. The fourth-order valence-electron chi connectivity index (χ4n) is 2.09. The Balaban J connectivity index is 4.61. The van der Waals surface area contributed by atoms with Crippen LogP contribution in [0.4, 0.5) is 0 Å². The Morgan fingerprint density at radius 1 is 1.08 bits per heavy atom. The van der Waals surface area contributed by atoms with Crippen LogP contribution in [0.25, 0.3) is 0 Å². The molecule has 0 aromatic heterocycles. The fourth-order valence-corrected chi connectivity index (χ4v) is 2.09. The minimum Gasteiger partial charge on any atom is -0.480 e. The summed E-state index contributed by atoms with van der Waals surface area (Å²) in [5, 5.41) is 23.1. The number of nitrogens with zero attached hydrogens (tertiary/aromatic N) is 1. The first-order chi connectivity index (χ1) is 12.1. The van der Waals surface area contributed by atoms with Gasteiger partial charge in [0.05, 0.1) is 12.6 Å². The van der Waals surface area contributed by atoms with Crippen LogP contribution in [-0.2, 0) is 14.4 Å². The first-order valence-corrected chi connectivity index (χ1v) is 8.33. The second kappa shape index (κ2) is 12.0. The monoisotopic (exact) mass is 374 g/mol. The van der Waals surface area contributed by atoms with Gasteiger partial charge in [0.15, 0.2) is 5.96 Å². The number of carbonyl (C=O) groups is 3. The van der Waals surface area contributed by atoms with Crippen LogP contribution in [0.1, 0.15) is 33.1 Å². The lowest BCUT2D eigenvalue weighted by Gasteiger charge is -2.22. The minimum absolute atomic E-state index is 0.0391. The highest BCUT2D eigenvalue weighted by Gasteiger charge is 2.27. The number of aliphatic hydroxyl groups is 1. The van der Waals surface area contributed by atoms with Crippen molar-refractivity contribution in [2.45, 2.75) is 51.2 Å². The molecule has 0 heterocycles. The minimum atomic E-state index is -1.29. The maximum Gasteiger partial charge on any atom is 0.326 e. The van der Waals surface area contributed by atoms with Crippen LogP contribution in [0.2, 0.25) is 0 Å². The van der Waals surface area contributed by atoms with Gasteiger partial charge in [-0.3, -0.25) is 14.6 Å². The molecule has 0 aromatic carbocycles. The van der Waals surface area contributed by atoms with Gasteiger partial charge in [0, 0.05) is 6.54 Å². The maximum absolute atomic E-state index is 12.1. The van der Waals surface area contributed by atoms with Crippen LogP contribution < -0.4 is 27.8 Å². The first-order valence-electron chi connectivity index (χ1n) is 8.33. The zero-order valence-electron chi connectivity index (χ0n) is 15.1. The second-order valence-electron chi connectivity index (χ2n) is 6.33. The molecule has 0 aromatic rings. The van der Waals surface area contributed by atoms with Gasteiger partial charge in [0.1, 0.15) is 12.1 Å². The number of carbonyl (C=O) groups excluding carboxylic acids is 2. The average Bonchev–Trinajstić information content (AvgIpc) is 2.54. The van der Waals surface area contributed by atoms with Gasteiger partial charge in [-0.2, -0.15) is 0 Å². The van der Waals surface area contributed by atoms with E-state index in [-0.39, 0.29) is 24.7 Å². The van der Waals surface area contributed by atoms with E-state index in [1.54, 1.807) is 0 Å². The largest absolute Gasteiger partial charge is 0.480 e. The van der Waals surface area contributed by atoms with Gasteiger partial charge in [0.2, 0.25) is 11.8 Å². The maximum atomic E-state index is 12.1. The molecule has 0 saturated carbocycles. The summed E-state index contributed by atoms with van der Waals surface area (Å²) < 4.78 is 0. The van der Waals surface area contributed by atoms with E-state index in [4.69, 9.17) is 22.3 Å². The molecule has 3 unspecified atom stereocenters. The highest BCUT2D eigenvalue weighted by atomic mass is 16.4. The highest BCUT2D eigenvalue weighted by molar-refractivity contribution is 5.91. The summed E-state index contributed by atoms with van der Waals surface area (Å²) in [7, 11) is 0. The molecule has 11 heteroatoms. The Morgan fingerprint density at radius 3 is 2.12 bits per heavy atom. The lowest BCUT2D eigenvalue weighted by Crippen LogP contribution is -2.56. The Morgan fingerprint density at radius 2 is 1.65 bits per heavy atom. The van der Waals surface area contributed by atoms with E-state index in [0.717, 1.165) is 0 Å². The summed E-state index contributed by atoms with van der Waals surface area (Å²) in [6.07, 6.45) is 0.947. The van der Waals surface area contributed by atoms with Crippen molar-refractivity contribution in [1.29, 1.82) is 0 Å². The summed E-state index contributed by atoms with van der Waals surface area (Å²) >= 11 is 0. The topological polar surface area (TPSA) is 206 Å². The normalized spacial score (nSPS) is 14.2. The predicted octanol–water partition coefficient (Wildman–Crippen LogP) is -2.54. The average molecular weight is 374 g/mol. The first kappa shape index (κ1) is 23.6. The van der Waals surface area contributed by atoms with Crippen molar-refractivity contribution in [2.75, 3.05) is 13.2 Å². The molecule has 26 heavy (non-hydrogen) atoms. The summed E-state index contributed by atoms with van der Waals surface area (Å²) in [5.41, 5.74) is 16.1. The molecule has 0 rings (SSSR count). The van der Waals surface area contributed by atoms with E-state index in [1.807, 2.05) is 13.8 Å². The Kier molecular flexibility index (Phi) is 10.9. The van der Waals surface area contributed by atoms with Gasteiger partial charge in [-0.25, -0.2) is 4.79 Å². The summed E-state index contributed by atoms with van der Waals surface area (Å²) in [4.78, 5) is 39.1.